The van der Waals surface area contributed by atoms with Gasteiger partial charge in [0, 0.05) is 6.07 Å². The molecule has 94 valence electrons. The number of rotatable bonds is 6. The lowest BCUT2D eigenvalue weighted by Crippen LogP contribution is -2.23. The number of hydrogen-bond donors (Lipinski definition) is 0. The molecule has 0 aliphatic heterocycles. The Hall–Kier alpha value is -1.58. The number of carbonyl (C=O) groups excluding carboxylic acids is 1. The largest absolute Gasteiger partial charge is 0.493 e. The third-order valence-corrected chi connectivity index (χ3v) is 2.42. The van der Waals surface area contributed by atoms with Crippen molar-refractivity contribution in [2.45, 2.75) is 19.8 Å². The van der Waals surface area contributed by atoms with Crippen molar-refractivity contribution < 1.29 is 18.7 Å². The standard InChI is InChI=1S/C13H17FO3/c1-3-5-10(13(15)16-2)9-17-12-7-4-6-11(14)8-12/h4,6-8,10H,3,5,9H2,1-2H3. The summed E-state index contributed by atoms with van der Waals surface area (Å²) in [6, 6.07) is 5.86. The summed E-state index contributed by atoms with van der Waals surface area (Å²) >= 11 is 0. The molecule has 17 heavy (non-hydrogen) atoms. The Morgan fingerprint density at radius 2 is 2.24 bits per heavy atom. The van der Waals surface area contributed by atoms with Gasteiger partial charge in [0.2, 0.25) is 0 Å². The Kier molecular flexibility index (Phi) is 5.46. The van der Waals surface area contributed by atoms with Crippen molar-refractivity contribution in [1.29, 1.82) is 0 Å². The quantitative estimate of drug-likeness (QED) is 0.717. The van der Waals surface area contributed by atoms with Gasteiger partial charge in [-0.25, -0.2) is 4.39 Å². The predicted molar refractivity (Wildman–Crippen MR) is 62.3 cm³/mol. The SMILES string of the molecule is CCCC(COc1cccc(F)c1)C(=O)OC. The lowest BCUT2D eigenvalue weighted by molar-refractivity contribution is -0.146. The van der Waals surface area contributed by atoms with Crippen LogP contribution in [0, 0.1) is 11.7 Å². The highest BCUT2D eigenvalue weighted by molar-refractivity contribution is 5.72. The topological polar surface area (TPSA) is 35.5 Å². The maximum atomic E-state index is 12.9. The van der Waals surface area contributed by atoms with Crippen molar-refractivity contribution in [3.63, 3.8) is 0 Å². The van der Waals surface area contributed by atoms with Gasteiger partial charge in [0.25, 0.3) is 0 Å². The molecule has 0 spiro atoms. The summed E-state index contributed by atoms with van der Waals surface area (Å²) in [6.07, 6.45) is 1.56. The molecule has 0 aliphatic rings. The van der Waals surface area contributed by atoms with Gasteiger partial charge in [0.15, 0.2) is 0 Å². The van der Waals surface area contributed by atoms with Crippen LogP contribution in [0.2, 0.25) is 0 Å². The molecule has 1 aromatic rings. The Balaban J connectivity index is 2.54. The molecule has 0 saturated carbocycles. The van der Waals surface area contributed by atoms with Gasteiger partial charge in [-0.15, -0.1) is 0 Å². The number of methoxy groups -OCH3 is 1. The van der Waals surface area contributed by atoms with E-state index in [4.69, 9.17) is 4.74 Å². The van der Waals surface area contributed by atoms with Crippen molar-refractivity contribution in [3.05, 3.63) is 30.1 Å². The molecule has 0 heterocycles. The molecule has 0 saturated heterocycles. The summed E-state index contributed by atoms with van der Waals surface area (Å²) in [7, 11) is 1.35. The van der Waals surface area contributed by atoms with Crippen LogP contribution in [-0.4, -0.2) is 19.7 Å². The molecule has 0 N–H and O–H groups in total. The van der Waals surface area contributed by atoms with E-state index in [0.717, 1.165) is 6.42 Å². The molecule has 3 nitrogen and oxygen atoms in total. The summed E-state index contributed by atoms with van der Waals surface area (Å²) in [6.45, 7) is 2.20. The number of halogens is 1. The molecule has 0 aliphatic carbocycles. The van der Waals surface area contributed by atoms with Crippen LogP contribution < -0.4 is 4.74 Å². The van der Waals surface area contributed by atoms with E-state index in [9.17, 15) is 9.18 Å². The predicted octanol–water partition coefficient (Wildman–Crippen LogP) is 2.79. The van der Waals surface area contributed by atoms with Gasteiger partial charge in [-0.3, -0.25) is 4.79 Å². The first kappa shape index (κ1) is 13.5. The minimum Gasteiger partial charge on any atom is -0.493 e. The Bertz CT molecular complexity index is 365. The second-order valence-corrected chi connectivity index (χ2v) is 3.78. The average molecular weight is 240 g/mol. The van der Waals surface area contributed by atoms with Gasteiger partial charge in [0.05, 0.1) is 13.0 Å². The van der Waals surface area contributed by atoms with Crippen LogP contribution in [0.25, 0.3) is 0 Å². The van der Waals surface area contributed by atoms with Crippen LogP contribution >= 0.6 is 0 Å². The molecular formula is C13H17FO3. The van der Waals surface area contributed by atoms with Crippen molar-refractivity contribution in [3.8, 4) is 5.75 Å². The summed E-state index contributed by atoms with van der Waals surface area (Å²) in [5, 5.41) is 0. The van der Waals surface area contributed by atoms with Crippen molar-refractivity contribution in [1.82, 2.24) is 0 Å². The molecular weight excluding hydrogens is 223 g/mol. The second-order valence-electron chi connectivity index (χ2n) is 3.78. The molecule has 0 fully saturated rings. The maximum absolute atomic E-state index is 12.9. The first-order valence-corrected chi connectivity index (χ1v) is 5.63. The molecule has 0 aromatic heterocycles. The zero-order chi connectivity index (χ0) is 12.7. The van der Waals surface area contributed by atoms with Crippen LogP contribution in [0.15, 0.2) is 24.3 Å². The fourth-order valence-electron chi connectivity index (χ4n) is 1.54. The van der Waals surface area contributed by atoms with Gasteiger partial charge in [-0.1, -0.05) is 19.4 Å². The van der Waals surface area contributed by atoms with E-state index in [1.54, 1.807) is 12.1 Å². The van der Waals surface area contributed by atoms with E-state index >= 15 is 0 Å². The smallest absolute Gasteiger partial charge is 0.312 e. The number of hydrogen-bond acceptors (Lipinski definition) is 3. The van der Waals surface area contributed by atoms with Crippen LogP contribution in [0.3, 0.4) is 0 Å². The number of benzene rings is 1. The van der Waals surface area contributed by atoms with Crippen LogP contribution in [0.4, 0.5) is 4.39 Å². The molecule has 1 atom stereocenters. The third-order valence-electron chi connectivity index (χ3n) is 2.42. The fourth-order valence-corrected chi connectivity index (χ4v) is 1.54. The second kappa shape index (κ2) is 6.89. The summed E-state index contributed by atoms with van der Waals surface area (Å²) in [4.78, 5) is 11.4. The van der Waals surface area contributed by atoms with Crippen molar-refractivity contribution >= 4 is 5.97 Å². The van der Waals surface area contributed by atoms with E-state index in [1.165, 1.54) is 19.2 Å². The van der Waals surface area contributed by atoms with E-state index in [0.29, 0.717) is 12.2 Å². The van der Waals surface area contributed by atoms with Crippen molar-refractivity contribution in [2.24, 2.45) is 5.92 Å². The first-order chi connectivity index (χ1) is 8.17. The summed E-state index contributed by atoms with van der Waals surface area (Å²) in [5.41, 5.74) is 0. The van der Waals surface area contributed by atoms with E-state index in [-0.39, 0.29) is 24.3 Å². The number of esters is 1. The maximum Gasteiger partial charge on any atom is 0.312 e. The van der Waals surface area contributed by atoms with E-state index < -0.39 is 0 Å². The molecule has 0 amide bonds. The third kappa shape index (κ3) is 4.43. The molecule has 4 heteroatoms. The monoisotopic (exact) mass is 240 g/mol. The van der Waals surface area contributed by atoms with Crippen LogP contribution in [0.5, 0.6) is 5.75 Å². The summed E-state index contributed by atoms with van der Waals surface area (Å²) in [5.74, 6) is -0.515. The van der Waals surface area contributed by atoms with Crippen LogP contribution in [0.1, 0.15) is 19.8 Å². The van der Waals surface area contributed by atoms with E-state index in [1.807, 2.05) is 6.92 Å². The molecule has 1 rings (SSSR count). The molecule has 1 unspecified atom stereocenters. The first-order valence-electron chi connectivity index (χ1n) is 5.63. The highest BCUT2D eigenvalue weighted by Crippen LogP contribution is 2.15. The molecule has 1 aromatic carbocycles. The normalized spacial score (nSPS) is 11.9. The van der Waals surface area contributed by atoms with Gasteiger partial charge in [-0.05, 0) is 18.6 Å². The lowest BCUT2D eigenvalue weighted by atomic mass is 10.1. The highest BCUT2D eigenvalue weighted by Gasteiger charge is 2.18. The summed E-state index contributed by atoms with van der Waals surface area (Å²) < 4.78 is 23.0. The zero-order valence-corrected chi connectivity index (χ0v) is 10.1. The minimum absolute atomic E-state index is 0.212. The highest BCUT2D eigenvalue weighted by atomic mass is 19.1. The van der Waals surface area contributed by atoms with Gasteiger partial charge < -0.3 is 9.47 Å². The van der Waals surface area contributed by atoms with Gasteiger partial charge in [-0.2, -0.15) is 0 Å². The average Bonchev–Trinajstić information content (AvgIpc) is 2.33. The minimum atomic E-state index is -0.354. The van der Waals surface area contributed by atoms with Crippen LogP contribution in [-0.2, 0) is 9.53 Å². The zero-order valence-electron chi connectivity index (χ0n) is 10.1. The number of ether oxygens (including phenoxy) is 2. The lowest BCUT2D eigenvalue weighted by Gasteiger charge is -2.14. The number of carbonyl (C=O) groups is 1. The fraction of sp³-hybridized carbons (Fsp3) is 0.462. The molecule has 0 radical (unpaired) electrons. The molecule has 0 bridgehead atoms. The van der Waals surface area contributed by atoms with E-state index in [2.05, 4.69) is 4.74 Å². The van der Waals surface area contributed by atoms with Gasteiger partial charge in [0.1, 0.15) is 18.2 Å². The Labute approximate surface area is 101 Å². The van der Waals surface area contributed by atoms with Crippen molar-refractivity contribution in [2.75, 3.05) is 13.7 Å². The Morgan fingerprint density at radius 3 is 2.82 bits per heavy atom. The van der Waals surface area contributed by atoms with Gasteiger partial charge >= 0.3 is 5.97 Å². The Morgan fingerprint density at radius 1 is 1.47 bits per heavy atom.